The molecule has 1 aliphatic rings. The molecule has 4 rings (SSSR count). The summed E-state index contributed by atoms with van der Waals surface area (Å²) >= 11 is 0. The summed E-state index contributed by atoms with van der Waals surface area (Å²) in [5.41, 5.74) is 2.88. The highest BCUT2D eigenvalue weighted by molar-refractivity contribution is 5.39. The summed E-state index contributed by atoms with van der Waals surface area (Å²) in [7, 11) is 0. The van der Waals surface area contributed by atoms with Gasteiger partial charge in [-0.1, -0.05) is 6.07 Å². The van der Waals surface area contributed by atoms with Gasteiger partial charge in [0, 0.05) is 45.5 Å². The van der Waals surface area contributed by atoms with E-state index < -0.39 is 11.6 Å². The molecule has 0 radical (unpaired) electrons. The molecule has 0 unspecified atom stereocenters. The van der Waals surface area contributed by atoms with Crippen LogP contribution < -0.4 is 0 Å². The summed E-state index contributed by atoms with van der Waals surface area (Å²) in [4.78, 5) is 8.87. The first-order chi connectivity index (χ1) is 12.2. The first-order valence-corrected chi connectivity index (χ1v) is 8.34. The minimum Gasteiger partial charge on any atom is -0.297 e. The molecule has 0 atom stereocenters. The van der Waals surface area contributed by atoms with Crippen LogP contribution in [0.1, 0.15) is 11.1 Å². The Balaban J connectivity index is 1.32. The lowest BCUT2D eigenvalue weighted by molar-refractivity contribution is 0.122. The van der Waals surface area contributed by atoms with E-state index in [-0.39, 0.29) is 0 Å². The van der Waals surface area contributed by atoms with Gasteiger partial charge in [-0.25, -0.2) is 18.3 Å². The highest BCUT2D eigenvalue weighted by Crippen LogP contribution is 2.14. The molecule has 0 N–H and O–H groups in total. The van der Waals surface area contributed by atoms with Crippen molar-refractivity contribution in [3.8, 4) is 0 Å². The van der Waals surface area contributed by atoms with Crippen LogP contribution in [-0.4, -0.2) is 50.6 Å². The Labute approximate surface area is 144 Å². The largest absolute Gasteiger partial charge is 0.297 e. The number of aromatic nitrogens is 3. The zero-order valence-corrected chi connectivity index (χ0v) is 13.8. The maximum absolute atomic E-state index is 13.3. The molecule has 1 aromatic carbocycles. The molecule has 2 aromatic heterocycles. The van der Waals surface area contributed by atoms with Gasteiger partial charge in [-0.2, -0.15) is 5.10 Å². The SMILES string of the molecule is Fc1ccc(CN2CCN(Cc3ccn4ncnc4c3)CC2)cc1F. The lowest BCUT2D eigenvalue weighted by atomic mass is 10.1. The minimum absolute atomic E-state index is 0.650. The zero-order valence-electron chi connectivity index (χ0n) is 13.8. The van der Waals surface area contributed by atoms with E-state index in [0.29, 0.717) is 6.54 Å². The van der Waals surface area contributed by atoms with Crippen molar-refractivity contribution < 1.29 is 8.78 Å². The number of hydrogen-bond donors (Lipinski definition) is 0. The quantitative estimate of drug-likeness (QED) is 0.729. The van der Waals surface area contributed by atoms with E-state index in [9.17, 15) is 8.78 Å². The van der Waals surface area contributed by atoms with Crippen LogP contribution in [0, 0.1) is 11.6 Å². The Hall–Kier alpha value is -2.38. The molecule has 1 fully saturated rings. The number of halogens is 2. The molecule has 0 aliphatic carbocycles. The molecule has 0 saturated carbocycles. The predicted octanol–water partition coefficient (Wildman–Crippen LogP) is 2.33. The monoisotopic (exact) mass is 343 g/mol. The van der Waals surface area contributed by atoms with E-state index in [1.807, 2.05) is 6.20 Å². The van der Waals surface area contributed by atoms with Gasteiger partial charge in [0.05, 0.1) is 0 Å². The summed E-state index contributed by atoms with van der Waals surface area (Å²) in [6.07, 6.45) is 3.48. The van der Waals surface area contributed by atoms with Gasteiger partial charge in [0.2, 0.25) is 0 Å². The van der Waals surface area contributed by atoms with Crippen LogP contribution in [0.4, 0.5) is 8.78 Å². The second-order valence-electron chi connectivity index (χ2n) is 6.40. The van der Waals surface area contributed by atoms with Crippen LogP contribution in [0.2, 0.25) is 0 Å². The number of piperazine rings is 1. The van der Waals surface area contributed by atoms with Gasteiger partial charge >= 0.3 is 0 Å². The molecule has 1 aliphatic heterocycles. The zero-order chi connectivity index (χ0) is 17.2. The average Bonchev–Trinajstić information content (AvgIpc) is 3.08. The van der Waals surface area contributed by atoms with Crippen molar-refractivity contribution in [2.24, 2.45) is 0 Å². The summed E-state index contributed by atoms with van der Waals surface area (Å²) in [6, 6.07) is 8.26. The summed E-state index contributed by atoms with van der Waals surface area (Å²) in [5.74, 6) is -1.57. The second kappa shape index (κ2) is 6.85. The minimum atomic E-state index is -0.793. The number of fused-ring (bicyclic) bond motifs is 1. The average molecular weight is 343 g/mol. The van der Waals surface area contributed by atoms with Gasteiger partial charge in [-0.3, -0.25) is 9.80 Å². The first-order valence-electron chi connectivity index (χ1n) is 8.34. The molecule has 3 heterocycles. The fourth-order valence-corrected chi connectivity index (χ4v) is 3.22. The smallest absolute Gasteiger partial charge is 0.159 e. The Bertz CT molecular complexity index is 871. The normalized spacial score (nSPS) is 16.6. The van der Waals surface area contributed by atoms with Gasteiger partial charge in [0.25, 0.3) is 0 Å². The van der Waals surface area contributed by atoms with E-state index >= 15 is 0 Å². The van der Waals surface area contributed by atoms with Crippen LogP contribution in [-0.2, 0) is 13.1 Å². The molecule has 5 nitrogen and oxygen atoms in total. The van der Waals surface area contributed by atoms with Crippen molar-refractivity contribution in [3.63, 3.8) is 0 Å². The maximum Gasteiger partial charge on any atom is 0.159 e. The molecule has 0 amide bonds. The lowest BCUT2D eigenvalue weighted by Crippen LogP contribution is -2.45. The molecule has 130 valence electrons. The third-order valence-electron chi connectivity index (χ3n) is 4.61. The number of benzene rings is 1. The number of hydrogen-bond acceptors (Lipinski definition) is 4. The molecule has 3 aromatic rings. The molecule has 1 saturated heterocycles. The van der Waals surface area contributed by atoms with Crippen LogP contribution in [0.25, 0.3) is 5.65 Å². The molecular formula is C18H19F2N5. The third-order valence-corrected chi connectivity index (χ3v) is 4.61. The van der Waals surface area contributed by atoms with Crippen LogP contribution >= 0.6 is 0 Å². The fourth-order valence-electron chi connectivity index (χ4n) is 3.22. The standard InChI is InChI=1S/C18H19F2N5/c19-16-2-1-14(9-17(16)20)11-23-5-7-24(8-6-23)12-15-3-4-25-18(10-15)21-13-22-25/h1-4,9-10,13H,5-8,11-12H2. The van der Waals surface area contributed by atoms with E-state index in [0.717, 1.165) is 43.9 Å². The Morgan fingerprint density at radius 3 is 2.20 bits per heavy atom. The van der Waals surface area contributed by atoms with Gasteiger partial charge < -0.3 is 0 Å². The highest BCUT2D eigenvalue weighted by atomic mass is 19.2. The van der Waals surface area contributed by atoms with Gasteiger partial charge in [0.1, 0.15) is 6.33 Å². The highest BCUT2D eigenvalue weighted by Gasteiger charge is 2.17. The van der Waals surface area contributed by atoms with Crippen LogP contribution in [0.3, 0.4) is 0 Å². The van der Waals surface area contributed by atoms with E-state index in [1.165, 1.54) is 17.7 Å². The number of pyridine rings is 1. The lowest BCUT2D eigenvalue weighted by Gasteiger charge is -2.34. The molecule has 25 heavy (non-hydrogen) atoms. The van der Waals surface area contributed by atoms with Gasteiger partial charge in [0.15, 0.2) is 17.3 Å². The van der Waals surface area contributed by atoms with E-state index in [4.69, 9.17) is 0 Å². The number of rotatable bonds is 4. The summed E-state index contributed by atoms with van der Waals surface area (Å²) in [5, 5.41) is 4.10. The second-order valence-corrected chi connectivity index (χ2v) is 6.40. The van der Waals surface area contributed by atoms with Crippen molar-refractivity contribution in [1.29, 1.82) is 0 Å². The summed E-state index contributed by atoms with van der Waals surface area (Å²) < 4.78 is 28.1. The fraction of sp³-hybridized carbons (Fsp3) is 0.333. The number of nitrogens with zero attached hydrogens (tertiary/aromatic N) is 5. The van der Waals surface area contributed by atoms with Crippen molar-refractivity contribution in [2.75, 3.05) is 26.2 Å². The van der Waals surface area contributed by atoms with E-state index in [2.05, 4.69) is 32.0 Å². The Morgan fingerprint density at radius 2 is 1.52 bits per heavy atom. The molecule has 0 bridgehead atoms. The maximum atomic E-state index is 13.3. The third kappa shape index (κ3) is 3.67. The predicted molar refractivity (Wildman–Crippen MR) is 89.9 cm³/mol. The molecule has 0 spiro atoms. The van der Waals surface area contributed by atoms with Crippen molar-refractivity contribution >= 4 is 5.65 Å². The Morgan fingerprint density at radius 1 is 0.840 bits per heavy atom. The molecular weight excluding hydrogens is 324 g/mol. The van der Waals surface area contributed by atoms with Crippen LogP contribution in [0.5, 0.6) is 0 Å². The first kappa shape index (κ1) is 16.1. The van der Waals surface area contributed by atoms with Crippen molar-refractivity contribution in [3.05, 3.63) is 65.6 Å². The molecule has 7 heteroatoms. The van der Waals surface area contributed by atoms with Crippen molar-refractivity contribution in [2.45, 2.75) is 13.1 Å². The van der Waals surface area contributed by atoms with Gasteiger partial charge in [-0.15, -0.1) is 0 Å². The Kier molecular flexibility index (Phi) is 4.42. The van der Waals surface area contributed by atoms with Crippen molar-refractivity contribution in [1.82, 2.24) is 24.4 Å². The summed E-state index contributed by atoms with van der Waals surface area (Å²) in [6.45, 7) is 5.24. The van der Waals surface area contributed by atoms with Crippen LogP contribution in [0.15, 0.2) is 42.9 Å². The van der Waals surface area contributed by atoms with E-state index in [1.54, 1.807) is 16.9 Å². The topological polar surface area (TPSA) is 36.7 Å². The van der Waals surface area contributed by atoms with Gasteiger partial charge in [-0.05, 0) is 35.4 Å².